The van der Waals surface area contributed by atoms with Crippen molar-refractivity contribution in [3.63, 3.8) is 0 Å². The van der Waals surface area contributed by atoms with Gasteiger partial charge in [-0.05, 0) is 19.9 Å². The van der Waals surface area contributed by atoms with Crippen LogP contribution in [0.1, 0.15) is 24.5 Å². The summed E-state index contributed by atoms with van der Waals surface area (Å²) in [5.41, 5.74) is 1.40. The van der Waals surface area contributed by atoms with E-state index in [1.54, 1.807) is 0 Å². The van der Waals surface area contributed by atoms with Gasteiger partial charge in [0.1, 0.15) is 0 Å². The summed E-state index contributed by atoms with van der Waals surface area (Å²) in [6.07, 6.45) is 6.53. The zero-order valence-corrected chi connectivity index (χ0v) is 7.45. The third-order valence-corrected chi connectivity index (χ3v) is 2.56. The van der Waals surface area contributed by atoms with Crippen molar-refractivity contribution >= 4 is 0 Å². The van der Waals surface area contributed by atoms with Gasteiger partial charge in [-0.3, -0.25) is 0 Å². The molecule has 3 nitrogen and oxygen atoms in total. The Morgan fingerprint density at radius 1 is 1.75 bits per heavy atom. The molecule has 1 aromatic heterocycles. The summed E-state index contributed by atoms with van der Waals surface area (Å²) in [6, 6.07) is 0. The van der Waals surface area contributed by atoms with Crippen molar-refractivity contribution in [3.05, 3.63) is 18.2 Å². The van der Waals surface area contributed by atoms with Crippen molar-refractivity contribution in [2.75, 3.05) is 13.6 Å². The molecule has 0 saturated heterocycles. The van der Waals surface area contributed by atoms with Gasteiger partial charge in [0.15, 0.2) is 0 Å². The molecule has 3 heteroatoms. The Morgan fingerprint density at radius 3 is 3.50 bits per heavy atom. The predicted octanol–water partition coefficient (Wildman–Crippen LogP) is 0.980. The van der Waals surface area contributed by atoms with E-state index in [1.165, 1.54) is 18.5 Å². The van der Waals surface area contributed by atoms with Gasteiger partial charge in [0.2, 0.25) is 0 Å². The number of likely N-dealkylation sites (N-methyl/N-ethyl adjacent to an activating group) is 1. The second kappa shape index (κ2) is 3.27. The lowest BCUT2D eigenvalue weighted by atomic mass is 9.96. The van der Waals surface area contributed by atoms with Crippen LogP contribution < -0.4 is 5.32 Å². The van der Waals surface area contributed by atoms with Gasteiger partial charge >= 0.3 is 0 Å². The molecule has 2 heterocycles. The lowest BCUT2D eigenvalue weighted by Crippen LogP contribution is -2.23. The first-order valence-corrected chi connectivity index (χ1v) is 4.56. The molecule has 0 spiro atoms. The first-order chi connectivity index (χ1) is 5.92. The van der Waals surface area contributed by atoms with Crippen molar-refractivity contribution in [1.29, 1.82) is 0 Å². The maximum atomic E-state index is 4.17. The molecule has 0 aromatic carbocycles. The van der Waals surface area contributed by atoms with Crippen molar-refractivity contribution in [1.82, 2.24) is 14.9 Å². The molecule has 1 atom stereocenters. The number of rotatable bonds is 2. The Balaban J connectivity index is 2.19. The Kier molecular flexibility index (Phi) is 2.13. The van der Waals surface area contributed by atoms with Crippen LogP contribution in [0.25, 0.3) is 0 Å². The van der Waals surface area contributed by atoms with E-state index in [0.717, 1.165) is 13.1 Å². The molecule has 0 fully saturated rings. The molecule has 0 radical (unpaired) electrons. The molecule has 0 saturated carbocycles. The van der Waals surface area contributed by atoms with E-state index in [9.17, 15) is 0 Å². The molecular formula is C9H15N3. The van der Waals surface area contributed by atoms with E-state index in [0.29, 0.717) is 5.92 Å². The van der Waals surface area contributed by atoms with Crippen molar-refractivity contribution < 1.29 is 0 Å². The van der Waals surface area contributed by atoms with E-state index in [2.05, 4.69) is 14.9 Å². The fourth-order valence-corrected chi connectivity index (χ4v) is 1.97. The third kappa shape index (κ3) is 1.25. The van der Waals surface area contributed by atoms with Gasteiger partial charge in [-0.25, -0.2) is 4.98 Å². The fourth-order valence-electron chi connectivity index (χ4n) is 1.97. The highest BCUT2D eigenvalue weighted by atomic mass is 15.1. The summed E-state index contributed by atoms with van der Waals surface area (Å²) in [6.45, 7) is 2.22. The van der Waals surface area contributed by atoms with Crippen LogP contribution in [0.2, 0.25) is 0 Å². The first-order valence-electron chi connectivity index (χ1n) is 4.56. The quantitative estimate of drug-likeness (QED) is 0.708. The fraction of sp³-hybridized carbons (Fsp3) is 0.667. The number of hydrogen-bond donors (Lipinski definition) is 1. The molecule has 66 valence electrons. The Morgan fingerprint density at radius 2 is 2.67 bits per heavy atom. The number of imidazole rings is 1. The van der Waals surface area contributed by atoms with E-state index in [1.807, 2.05) is 19.6 Å². The number of fused-ring (bicyclic) bond motifs is 1. The highest BCUT2D eigenvalue weighted by Crippen LogP contribution is 2.25. The topological polar surface area (TPSA) is 29.9 Å². The highest BCUT2D eigenvalue weighted by Gasteiger charge is 2.18. The monoisotopic (exact) mass is 165 g/mol. The van der Waals surface area contributed by atoms with Crippen LogP contribution in [0.15, 0.2) is 12.5 Å². The maximum absolute atomic E-state index is 4.17. The lowest BCUT2D eigenvalue weighted by molar-refractivity contribution is 0.443. The Hall–Kier alpha value is -0.830. The van der Waals surface area contributed by atoms with E-state index < -0.39 is 0 Å². The third-order valence-electron chi connectivity index (χ3n) is 2.56. The van der Waals surface area contributed by atoms with Crippen molar-refractivity contribution in [2.24, 2.45) is 0 Å². The van der Waals surface area contributed by atoms with Crippen LogP contribution in [0.3, 0.4) is 0 Å². The van der Waals surface area contributed by atoms with E-state index in [4.69, 9.17) is 0 Å². The van der Waals surface area contributed by atoms with Gasteiger partial charge in [0, 0.05) is 30.9 Å². The Labute approximate surface area is 72.8 Å². The molecule has 1 aromatic rings. The molecule has 1 unspecified atom stereocenters. The van der Waals surface area contributed by atoms with Gasteiger partial charge in [0.05, 0.1) is 6.33 Å². The SMILES string of the molecule is CNCC1CCCn2cncc21. The summed E-state index contributed by atoms with van der Waals surface area (Å²) >= 11 is 0. The maximum Gasteiger partial charge on any atom is 0.0948 e. The molecule has 0 aliphatic carbocycles. The molecule has 0 amide bonds. The smallest absolute Gasteiger partial charge is 0.0948 e. The Bertz CT molecular complexity index is 254. The van der Waals surface area contributed by atoms with Crippen LogP contribution in [0.4, 0.5) is 0 Å². The minimum atomic E-state index is 0.672. The average molecular weight is 165 g/mol. The van der Waals surface area contributed by atoms with Crippen LogP contribution >= 0.6 is 0 Å². The number of nitrogens with one attached hydrogen (secondary N) is 1. The van der Waals surface area contributed by atoms with Gasteiger partial charge in [-0.2, -0.15) is 0 Å². The zero-order chi connectivity index (χ0) is 8.39. The summed E-state index contributed by atoms with van der Waals surface area (Å²) in [7, 11) is 2.01. The van der Waals surface area contributed by atoms with Crippen LogP contribution in [-0.4, -0.2) is 23.1 Å². The van der Waals surface area contributed by atoms with Gasteiger partial charge in [-0.15, -0.1) is 0 Å². The number of nitrogens with zero attached hydrogens (tertiary/aromatic N) is 2. The van der Waals surface area contributed by atoms with Crippen LogP contribution in [0.5, 0.6) is 0 Å². The van der Waals surface area contributed by atoms with Gasteiger partial charge in [0.25, 0.3) is 0 Å². The van der Waals surface area contributed by atoms with E-state index in [-0.39, 0.29) is 0 Å². The zero-order valence-electron chi connectivity index (χ0n) is 7.45. The van der Waals surface area contributed by atoms with Gasteiger partial charge < -0.3 is 9.88 Å². The standard InChI is InChI=1S/C9H15N3/c1-10-5-8-3-2-4-12-7-11-6-9(8)12/h6-8,10H,2-5H2,1H3. The molecule has 1 N–H and O–H groups in total. The molecular weight excluding hydrogens is 150 g/mol. The minimum absolute atomic E-state index is 0.672. The van der Waals surface area contributed by atoms with Crippen LogP contribution in [0, 0.1) is 0 Å². The largest absolute Gasteiger partial charge is 0.334 e. The molecule has 2 rings (SSSR count). The molecule has 0 bridgehead atoms. The summed E-state index contributed by atoms with van der Waals surface area (Å²) < 4.78 is 2.27. The summed E-state index contributed by atoms with van der Waals surface area (Å²) in [4.78, 5) is 4.17. The minimum Gasteiger partial charge on any atom is -0.334 e. The number of aromatic nitrogens is 2. The van der Waals surface area contributed by atoms with E-state index >= 15 is 0 Å². The second-order valence-corrected chi connectivity index (χ2v) is 3.41. The molecule has 1 aliphatic rings. The average Bonchev–Trinajstić information content (AvgIpc) is 2.53. The van der Waals surface area contributed by atoms with Crippen molar-refractivity contribution in [3.8, 4) is 0 Å². The van der Waals surface area contributed by atoms with Crippen molar-refractivity contribution in [2.45, 2.75) is 25.3 Å². The number of aryl methyl sites for hydroxylation is 1. The summed E-state index contributed by atoms with van der Waals surface area (Å²) in [5.74, 6) is 0.672. The predicted molar refractivity (Wildman–Crippen MR) is 48.1 cm³/mol. The van der Waals surface area contributed by atoms with Crippen LogP contribution in [-0.2, 0) is 6.54 Å². The molecule has 1 aliphatic heterocycles. The number of hydrogen-bond acceptors (Lipinski definition) is 2. The van der Waals surface area contributed by atoms with Gasteiger partial charge in [-0.1, -0.05) is 0 Å². The normalized spacial score (nSPS) is 22.2. The second-order valence-electron chi connectivity index (χ2n) is 3.41. The lowest BCUT2D eigenvalue weighted by Gasteiger charge is -2.23. The first kappa shape index (κ1) is 7.80. The summed E-state index contributed by atoms with van der Waals surface area (Å²) in [5, 5.41) is 3.23. The molecule has 12 heavy (non-hydrogen) atoms. The highest BCUT2D eigenvalue weighted by molar-refractivity contribution is 5.09.